The van der Waals surface area contributed by atoms with Gasteiger partial charge < -0.3 is 9.47 Å². The Morgan fingerprint density at radius 1 is 1.36 bits per heavy atom. The van der Waals surface area contributed by atoms with Gasteiger partial charge in [0.15, 0.2) is 0 Å². The SMILES string of the molecule is FC(F)Oc1ccc(CC2CO2)cc1. The molecule has 1 aliphatic heterocycles. The molecule has 2 nitrogen and oxygen atoms in total. The molecule has 76 valence electrons. The minimum Gasteiger partial charge on any atom is -0.435 e. The Bertz CT molecular complexity index is 270. The molecule has 4 heteroatoms. The van der Waals surface area contributed by atoms with Crippen molar-refractivity contribution in [1.82, 2.24) is 0 Å². The predicted octanol–water partition coefficient (Wildman–Crippen LogP) is 2.23. The highest BCUT2D eigenvalue weighted by molar-refractivity contribution is 5.27. The van der Waals surface area contributed by atoms with Gasteiger partial charge in [-0.3, -0.25) is 0 Å². The number of epoxide rings is 1. The van der Waals surface area contributed by atoms with Gasteiger partial charge in [0, 0.05) is 6.42 Å². The molecule has 0 spiro atoms. The molecule has 0 amide bonds. The lowest BCUT2D eigenvalue weighted by Crippen LogP contribution is -2.02. The molecule has 1 aromatic rings. The molecule has 0 aliphatic carbocycles. The van der Waals surface area contributed by atoms with E-state index < -0.39 is 6.61 Å². The third-order valence-corrected chi connectivity index (χ3v) is 2.01. The smallest absolute Gasteiger partial charge is 0.387 e. The lowest BCUT2D eigenvalue weighted by atomic mass is 10.1. The van der Waals surface area contributed by atoms with Gasteiger partial charge >= 0.3 is 6.61 Å². The largest absolute Gasteiger partial charge is 0.435 e. The first kappa shape index (κ1) is 9.40. The molecule has 1 aromatic carbocycles. The Balaban J connectivity index is 1.94. The van der Waals surface area contributed by atoms with Crippen molar-refractivity contribution in [3.63, 3.8) is 0 Å². The maximum atomic E-state index is 11.8. The van der Waals surface area contributed by atoms with E-state index in [1.165, 1.54) is 0 Å². The highest BCUT2D eigenvalue weighted by Crippen LogP contribution is 2.19. The number of rotatable bonds is 4. The van der Waals surface area contributed by atoms with Crippen LogP contribution in [-0.2, 0) is 11.2 Å². The summed E-state index contributed by atoms with van der Waals surface area (Å²) >= 11 is 0. The molecular weight excluding hydrogens is 190 g/mol. The lowest BCUT2D eigenvalue weighted by Gasteiger charge is -2.04. The molecule has 1 atom stereocenters. The third kappa shape index (κ3) is 2.67. The van der Waals surface area contributed by atoms with Crippen LogP contribution < -0.4 is 4.74 Å². The molecule has 1 aliphatic rings. The number of hydrogen-bond acceptors (Lipinski definition) is 2. The van der Waals surface area contributed by atoms with E-state index in [1.807, 2.05) is 0 Å². The summed E-state index contributed by atoms with van der Waals surface area (Å²) in [5.74, 6) is 0.195. The van der Waals surface area contributed by atoms with Gasteiger partial charge in [-0.25, -0.2) is 0 Å². The van der Waals surface area contributed by atoms with E-state index in [0.717, 1.165) is 18.6 Å². The van der Waals surface area contributed by atoms with Crippen molar-refractivity contribution in [2.45, 2.75) is 19.1 Å². The van der Waals surface area contributed by atoms with Crippen LogP contribution in [0.15, 0.2) is 24.3 Å². The number of benzene rings is 1. The second-order valence-corrected chi connectivity index (χ2v) is 3.18. The molecule has 14 heavy (non-hydrogen) atoms. The van der Waals surface area contributed by atoms with Gasteiger partial charge in [0.05, 0.1) is 12.7 Å². The zero-order valence-corrected chi connectivity index (χ0v) is 7.45. The van der Waals surface area contributed by atoms with Crippen molar-refractivity contribution in [2.75, 3.05) is 6.61 Å². The molecule has 0 aromatic heterocycles. The van der Waals surface area contributed by atoms with E-state index >= 15 is 0 Å². The van der Waals surface area contributed by atoms with Crippen LogP contribution in [0.5, 0.6) is 5.75 Å². The molecule has 1 saturated heterocycles. The number of alkyl halides is 2. The van der Waals surface area contributed by atoms with Crippen molar-refractivity contribution in [2.24, 2.45) is 0 Å². The fraction of sp³-hybridized carbons (Fsp3) is 0.400. The first-order valence-corrected chi connectivity index (χ1v) is 4.39. The van der Waals surface area contributed by atoms with E-state index in [4.69, 9.17) is 4.74 Å². The summed E-state index contributed by atoms with van der Waals surface area (Å²) in [6.07, 6.45) is 1.16. The van der Waals surface area contributed by atoms with Crippen LogP contribution >= 0.6 is 0 Å². The summed E-state index contributed by atoms with van der Waals surface area (Å²) < 4.78 is 32.9. The second kappa shape index (κ2) is 3.92. The normalized spacial score (nSPS) is 19.8. The Hall–Kier alpha value is -1.16. The van der Waals surface area contributed by atoms with E-state index in [9.17, 15) is 8.78 Å². The van der Waals surface area contributed by atoms with Crippen LogP contribution in [-0.4, -0.2) is 19.3 Å². The molecule has 0 radical (unpaired) electrons. The second-order valence-electron chi connectivity index (χ2n) is 3.18. The quantitative estimate of drug-likeness (QED) is 0.695. The minimum absolute atomic E-state index is 0.195. The average Bonchev–Trinajstić information content (AvgIpc) is 2.91. The Labute approximate surface area is 80.4 Å². The topological polar surface area (TPSA) is 21.8 Å². The zero-order chi connectivity index (χ0) is 9.97. The summed E-state index contributed by atoms with van der Waals surface area (Å²) in [5.41, 5.74) is 1.08. The van der Waals surface area contributed by atoms with Crippen LogP contribution in [0, 0.1) is 0 Å². The summed E-state index contributed by atoms with van der Waals surface area (Å²) in [6, 6.07) is 6.65. The van der Waals surface area contributed by atoms with Gasteiger partial charge in [-0.15, -0.1) is 0 Å². The Morgan fingerprint density at radius 2 is 2.00 bits per heavy atom. The molecule has 1 fully saturated rings. The standard InChI is InChI=1S/C10H10F2O2/c11-10(12)14-8-3-1-7(2-4-8)5-9-6-13-9/h1-4,9-10H,5-6H2. The number of hydrogen-bond donors (Lipinski definition) is 0. The first-order valence-electron chi connectivity index (χ1n) is 4.39. The zero-order valence-electron chi connectivity index (χ0n) is 7.45. The first-order chi connectivity index (χ1) is 6.74. The van der Waals surface area contributed by atoms with Crippen LogP contribution in [0.2, 0.25) is 0 Å². The van der Waals surface area contributed by atoms with Gasteiger partial charge in [0.25, 0.3) is 0 Å². The molecular formula is C10H10F2O2. The Kier molecular flexibility index (Phi) is 2.63. The van der Waals surface area contributed by atoms with Crippen molar-refractivity contribution in [3.8, 4) is 5.75 Å². The monoisotopic (exact) mass is 200 g/mol. The van der Waals surface area contributed by atoms with Gasteiger partial charge in [-0.2, -0.15) is 8.78 Å². The molecule has 2 rings (SSSR count). The highest BCUT2D eigenvalue weighted by Gasteiger charge is 2.22. The molecule has 1 unspecified atom stereocenters. The third-order valence-electron chi connectivity index (χ3n) is 2.01. The average molecular weight is 200 g/mol. The fourth-order valence-corrected chi connectivity index (χ4v) is 1.26. The van der Waals surface area contributed by atoms with Crippen molar-refractivity contribution < 1.29 is 18.3 Å². The summed E-state index contributed by atoms with van der Waals surface area (Å²) in [6.45, 7) is -1.96. The van der Waals surface area contributed by atoms with Crippen LogP contribution in [0.1, 0.15) is 5.56 Å². The molecule has 0 N–H and O–H groups in total. The van der Waals surface area contributed by atoms with Crippen LogP contribution in [0.4, 0.5) is 8.78 Å². The number of halogens is 2. The van der Waals surface area contributed by atoms with Crippen molar-refractivity contribution >= 4 is 0 Å². The fourth-order valence-electron chi connectivity index (χ4n) is 1.26. The van der Waals surface area contributed by atoms with Crippen LogP contribution in [0.3, 0.4) is 0 Å². The highest BCUT2D eigenvalue weighted by atomic mass is 19.3. The van der Waals surface area contributed by atoms with E-state index in [2.05, 4.69) is 4.74 Å². The molecule has 0 saturated carbocycles. The maximum absolute atomic E-state index is 11.8. The summed E-state index contributed by atoms with van der Waals surface area (Å²) in [4.78, 5) is 0. The van der Waals surface area contributed by atoms with Crippen molar-refractivity contribution in [3.05, 3.63) is 29.8 Å². The lowest BCUT2D eigenvalue weighted by molar-refractivity contribution is -0.0498. The van der Waals surface area contributed by atoms with Gasteiger partial charge in [-0.05, 0) is 17.7 Å². The van der Waals surface area contributed by atoms with E-state index in [-0.39, 0.29) is 5.75 Å². The van der Waals surface area contributed by atoms with Gasteiger partial charge in [0.1, 0.15) is 5.75 Å². The van der Waals surface area contributed by atoms with Gasteiger partial charge in [-0.1, -0.05) is 12.1 Å². The number of ether oxygens (including phenoxy) is 2. The van der Waals surface area contributed by atoms with Crippen molar-refractivity contribution in [1.29, 1.82) is 0 Å². The summed E-state index contributed by atoms with van der Waals surface area (Å²) in [7, 11) is 0. The Morgan fingerprint density at radius 3 is 2.50 bits per heavy atom. The van der Waals surface area contributed by atoms with Crippen LogP contribution in [0.25, 0.3) is 0 Å². The maximum Gasteiger partial charge on any atom is 0.387 e. The molecule has 0 bridgehead atoms. The summed E-state index contributed by atoms with van der Waals surface area (Å²) in [5, 5.41) is 0. The molecule has 1 heterocycles. The van der Waals surface area contributed by atoms with Gasteiger partial charge in [0.2, 0.25) is 0 Å². The van der Waals surface area contributed by atoms with E-state index in [0.29, 0.717) is 6.10 Å². The minimum atomic E-state index is -2.76. The predicted molar refractivity (Wildman–Crippen MR) is 46.5 cm³/mol. The van der Waals surface area contributed by atoms with E-state index in [1.54, 1.807) is 24.3 Å².